The number of hydrogen-bond donors (Lipinski definition) is 0. The highest BCUT2D eigenvalue weighted by molar-refractivity contribution is 8.23. The Kier molecular flexibility index (Phi) is 9.85. The summed E-state index contributed by atoms with van der Waals surface area (Å²) in [7, 11) is 1.58. The second-order valence-electron chi connectivity index (χ2n) is 18.5. The van der Waals surface area contributed by atoms with E-state index in [2.05, 4.69) is 59.7 Å². The Morgan fingerprint density at radius 2 is 1.71 bits per heavy atom. The van der Waals surface area contributed by atoms with Gasteiger partial charge in [-0.3, -0.25) is 14.5 Å². The van der Waals surface area contributed by atoms with E-state index >= 15 is 0 Å². The van der Waals surface area contributed by atoms with Gasteiger partial charge in [-0.25, -0.2) is 4.79 Å². The van der Waals surface area contributed by atoms with Gasteiger partial charge >= 0.3 is 11.9 Å². The third-order valence-electron chi connectivity index (χ3n) is 15.4. The number of methoxy groups -OCH3 is 1. The van der Waals surface area contributed by atoms with Crippen LogP contribution < -0.4 is 0 Å². The second-order valence-corrected chi connectivity index (χ2v) is 20.1. The van der Waals surface area contributed by atoms with E-state index in [1.165, 1.54) is 11.8 Å². The largest absolute Gasteiger partial charge is 0.469 e. The first-order chi connectivity index (χ1) is 22.9. The number of fused-ring (bicyclic) bond motifs is 7. The Morgan fingerprint density at radius 1 is 0.980 bits per heavy atom. The van der Waals surface area contributed by atoms with Gasteiger partial charge in [-0.2, -0.15) is 0 Å². The number of esters is 1. The summed E-state index contributed by atoms with van der Waals surface area (Å²) in [5, 5.41) is 4.57. The molecule has 5 aliphatic carbocycles. The predicted molar refractivity (Wildman–Crippen MR) is 200 cm³/mol. The molecule has 1 amide bonds. The number of carbonyl (C=O) groups excluding carboxylic acids is 3. The van der Waals surface area contributed by atoms with Crippen LogP contribution in [-0.4, -0.2) is 52.2 Å². The molecule has 0 N–H and O–H groups in total. The number of unbranched alkanes of at least 4 members (excludes halogenated alkanes) is 2. The molecule has 0 bridgehead atoms. The summed E-state index contributed by atoms with van der Waals surface area (Å²) in [4.78, 5) is 45.5. The molecule has 9 heteroatoms. The van der Waals surface area contributed by atoms with Crippen LogP contribution in [0.1, 0.15) is 138 Å². The monoisotopic (exact) mass is 712 g/mol. The summed E-state index contributed by atoms with van der Waals surface area (Å²) in [6, 6.07) is 0. The van der Waals surface area contributed by atoms with E-state index in [-0.39, 0.29) is 56.3 Å². The van der Waals surface area contributed by atoms with Crippen molar-refractivity contribution in [2.24, 2.45) is 55.4 Å². The van der Waals surface area contributed by atoms with Gasteiger partial charge in [0.2, 0.25) is 5.91 Å². The average Bonchev–Trinajstić information content (AvgIpc) is 3.36. The van der Waals surface area contributed by atoms with Crippen molar-refractivity contribution < 1.29 is 24.0 Å². The van der Waals surface area contributed by atoms with Crippen molar-refractivity contribution in [3.8, 4) is 0 Å². The fraction of sp³-hybridized carbons (Fsp3) is 0.825. The Hall–Kier alpha value is -1.74. The minimum absolute atomic E-state index is 0.0139. The third-order valence-corrected chi connectivity index (χ3v) is 16.8. The molecule has 0 unspecified atom stereocenters. The molecule has 7 nitrogen and oxygen atoms in total. The summed E-state index contributed by atoms with van der Waals surface area (Å²) in [6.07, 6.45) is 15.6. The topological polar surface area (TPSA) is 85.3 Å². The van der Waals surface area contributed by atoms with Gasteiger partial charge in [0.1, 0.15) is 4.32 Å². The maximum absolute atomic E-state index is 13.5. The zero-order valence-corrected chi connectivity index (χ0v) is 33.0. The van der Waals surface area contributed by atoms with Crippen LogP contribution in [0.4, 0.5) is 0 Å². The number of thioether (sulfide) groups is 1. The second kappa shape index (κ2) is 13.0. The molecule has 0 radical (unpaired) electrons. The van der Waals surface area contributed by atoms with Crippen molar-refractivity contribution in [2.75, 3.05) is 19.4 Å². The molecule has 272 valence electrons. The number of thiocarbonyl (C=S) groups is 1. The van der Waals surface area contributed by atoms with Crippen LogP contribution in [0.25, 0.3) is 0 Å². The zero-order valence-electron chi connectivity index (χ0n) is 31.4. The molecule has 1 saturated heterocycles. The minimum atomic E-state index is -0.378. The molecule has 0 aromatic carbocycles. The third kappa shape index (κ3) is 5.96. The Labute approximate surface area is 304 Å². The highest BCUT2D eigenvalue weighted by Crippen LogP contribution is 2.75. The molecule has 6 rings (SSSR count). The first-order valence-corrected chi connectivity index (χ1v) is 20.4. The number of nitrogens with zero attached hydrogens (tertiary/aromatic N) is 2. The number of ether oxygens (including phenoxy) is 1. The van der Waals surface area contributed by atoms with E-state index in [1.807, 2.05) is 0 Å². The van der Waals surface area contributed by atoms with Crippen LogP contribution in [0.5, 0.6) is 0 Å². The summed E-state index contributed by atoms with van der Waals surface area (Å²) >= 11 is 6.68. The summed E-state index contributed by atoms with van der Waals surface area (Å²) in [6.45, 7) is 17.8. The number of amides is 1. The molecule has 5 fully saturated rings. The van der Waals surface area contributed by atoms with Gasteiger partial charge in [-0.15, -0.1) is 0 Å². The lowest BCUT2D eigenvalue weighted by atomic mass is 9.33. The highest BCUT2D eigenvalue weighted by atomic mass is 32.2. The highest BCUT2D eigenvalue weighted by Gasteiger charge is 2.69. The van der Waals surface area contributed by atoms with E-state index in [9.17, 15) is 14.4 Å². The lowest BCUT2D eigenvalue weighted by Crippen LogP contribution is -2.64. The van der Waals surface area contributed by atoms with Crippen molar-refractivity contribution in [1.29, 1.82) is 0 Å². The fourth-order valence-corrected chi connectivity index (χ4v) is 13.4. The first kappa shape index (κ1) is 37.0. The van der Waals surface area contributed by atoms with Crippen LogP contribution in [-0.2, 0) is 24.0 Å². The summed E-state index contributed by atoms with van der Waals surface area (Å²) in [5.41, 5.74) is 2.61. The van der Waals surface area contributed by atoms with Gasteiger partial charge in [0.05, 0.1) is 24.0 Å². The van der Waals surface area contributed by atoms with Gasteiger partial charge in [-0.05, 0) is 116 Å². The van der Waals surface area contributed by atoms with Crippen molar-refractivity contribution in [3.05, 3.63) is 11.6 Å². The number of allylic oxidation sites excluding steroid dienone is 2. The average molecular weight is 713 g/mol. The molecular weight excluding hydrogens is 653 g/mol. The maximum atomic E-state index is 13.5. The molecule has 4 saturated carbocycles. The maximum Gasteiger partial charge on any atom is 0.335 e. The quantitative estimate of drug-likeness (QED) is 0.0620. The number of rotatable bonds is 8. The number of hydrogen-bond acceptors (Lipinski definition) is 8. The molecule has 6 aliphatic rings. The van der Waals surface area contributed by atoms with Gasteiger partial charge in [0.15, 0.2) is 0 Å². The van der Waals surface area contributed by atoms with Crippen LogP contribution >= 0.6 is 24.0 Å². The fourth-order valence-electron chi connectivity index (χ4n) is 12.3. The summed E-state index contributed by atoms with van der Waals surface area (Å²) < 4.78 is 6.21. The Morgan fingerprint density at radius 3 is 2.41 bits per heavy atom. The Bertz CT molecular complexity index is 1440. The van der Waals surface area contributed by atoms with Crippen LogP contribution in [0.2, 0.25) is 0 Å². The lowest BCUT2D eigenvalue weighted by molar-refractivity contribution is -0.181. The molecule has 0 spiro atoms. The zero-order chi connectivity index (χ0) is 35.6. The van der Waals surface area contributed by atoms with Gasteiger partial charge < -0.3 is 9.57 Å². The number of oxime groups is 1. The SMILES string of the molecule is COC(=O)[C@]12CCC(C)(C)C[C@@H]1C1=CC[C@@H]3[C@@]4(C)CC/C(=N/OC(=O)CCCCCN5C(=O)CSC5=S)C(C)(C)[C@H]4CC[C@@]3(C)[C@]1(C)CC2. The molecule has 1 aliphatic heterocycles. The van der Waals surface area contributed by atoms with Crippen LogP contribution in [0, 0.1) is 50.2 Å². The smallest absolute Gasteiger partial charge is 0.335 e. The van der Waals surface area contributed by atoms with Gasteiger partial charge in [0, 0.05) is 18.4 Å². The van der Waals surface area contributed by atoms with Crippen LogP contribution in [0.15, 0.2) is 16.8 Å². The van der Waals surface area contributed by atoms with Crippen molar-refractivity contribution >= 4 is 51.9 Å². The van der Waals surface area contributed by atoms with Crippen LogP contribution in [0.3, 0.4) is 0 Å². The molecule has 1 heterocycles. The van der Waals surface area contributed by atoms with E-state index in [0.717, 1.165) is 82.8 Å². The normalized spacial score (nSPS) is 40.1. The standard InChI is InChI=1S/C40H60N2O5S2/c1-35(2)19-21-40(33(45)46-8)22-20-38(6)26(27(40)24-35)13-14-29-37(5)17-16-30(36(3,4)28(37)15-18-39(29,38)7)41-47-32(44)12-10-9-11-23-42-31(43)25-49-34(42)48/h13,27-29H,9-12,14-25H2,1-8H3/b41-30-/t27-,28-,29-,37+,38-,39-,40+/m1/s1. The first-order valence-electron chi connectivity index (χ1n) is 19.0. The molecule has 49 heavy (non-hydrogen) atoms. The summed E-state index contributed by atoms with van der Waals surface area (Å²) in [5.74, 6) is 1.52. The predicted octanol–water partition coefficient (Wildman–Crippen LogP) is 9.28. The lowest BCUT2D eigenvalue weighted by Gasteiger charge is -2.70. The molecule has 0 aromatic heterocycles. The van der Waals surface area contributed by atoms with Gasteiger partial charge in [-0.1, -0.05) is 95.7 Å². The molecule has 7 atom stereocenters. The Balaban J connectivity index is 1.14. The molecular formula is C40H60N2O5S2. The molecule has 0 aromatic rings. The van der Waals surface area contributed by atoms with Crippen molar-refractivity contribution in [3.63, 3.8) is 0 Å². The minimum Gasteiger partial charge on any atom is -0.469 e. The van der Waals surface area contributed by atoms with E-state index in [0.29, 0.717) is 41.3 Å². The van der Waals surface area contributed by atoms with Gasteiger partial charge in [0.25, 0.3) is 0 Å². The van der Waals surface area contributed by atoms with Crippen molar-refractivity contribution in [1.82, 2.24) is 4.90 Å². The van der Waals surface area contributed by atoms with E-state index in [1.54, 1.807) is 17.6 Å². The van der Waals surface area contributed by atoms with E-state index in [4.69, 9.17) is 21.8 Å². The van der Waals surface area contributed by atoms with Crippen molar-refractivity contribution in [2.45, 2.75) is 138 Å². The van der Waals surface area contributed by atoms with E-state index < -0.39 is 0 Å². The number of carbonyl (C=O) groups is 3.